The first-order valence-corrected chi connectivity index (χ1v) is 8.33. The van der Waals surface area contributed by atoms with Gasteiger partial charge in [0.25, 0.3) is 0 Å². The van der Waals surface area contributed by atoms with Crippen LogP contribution in [0.4, 0.5) is 0 Å². The highest BCUT2D eigenvalue weighted by molar-refractivity contribution is 5.30. The summed E-state index contributed by atoms with van der Waals surface area (Å²) in [6, 6.07) is 8.23. The number of nitrogens with two attached hydrogens (primary N) is 1. The lowest BCUT2D eigenvalue weighted by atomic mass is 9.81. The monoisotopic (exact) mass is 289 g/mol. The lowest BCUT2D eigenvalue weighted by Crippen LogP contribution is -2.35. The Morgan fingerprint density at radius 1 is 1.00 bits per heavy atom. The smallest absolute Gasteiger partial charge is 0.119 e. The Bertz CT molecular complexity index is 435. The van der Waals surface area contributed by atoms with E-state index < -0.39 is 0 Å². The Morgan fingerprint density at radius 2 is 1.67 bits per heavy atom. The Morgan fingerprint density at radius 3 is 2.24 bits per heavy atom. The van der Waals surface area contributed by atoms with E-state index in [0.29, 0.717) is 12.0 Å². The zero-order valence-corrected chi connectivity index (χ0v) is 13.0. The topological polar surface area (TPSA) is 44.5 Å². The van der Waals surface area contributed by atoms with Gasteiger partial charge in [-0.15, -0.1) is 0 Å². The van der Waals surface area contributed by atoms with E-state index >= 15 is 0 Å². The van der Waals surface area contributed by atoms with Gasteiger partial charge in [0.05, 0.1) is 18.2 Å². The fourth-order valence-electron chi connectivity index (χ4n) is 3.43. The molecule has 0 heterocycles. The van der Waals surface area contributed by atoms with Crippen molar-refractivity contribution in [1.82, 2.24) is 0 Å². The molecule has 0 aromatic heterocycles. The van der Waals surface area contributed by atoms with Crippen LogP contribution in [0.2, 0.25) is 0 Å². The van der Waals surface area contributed by atoms with Crippen molar-refractivity contribution in [1.29, 1.82) is 0 Å². The zero-order chi connectivity index (χ0) is 14.7. The van der Waals surface area contributed by atoms with Crippen molar-refractivity contribution in [2.24, 2.45) is 11.7 Å². The van der Waals surface area contributed by atoms with Gasteiger partial charge in [-0.05, 0) is 49.3 Å². The van der Waals surface area contributed by atoms with Crippen LogP contribution in [0.25, 0.3) is 0 Å². The number of ether oxygens (including phenoxy) is 2. The van der Waals surface area contributed by atoms with Crippen molar-refractivity contribution in [3.63, 3.8) is 0 Å². The summed E-state index contributed by atoms with van der Waals surface area (Å²) in [6.07, 6.45) is 9.42. The standard InChI is InChI=1S/C18H27NO2/c1-20-18(14-5-3-2-4-6-14)17(19)13-7-9-15(10-8-13)21-16-11-12-16/h7-10,14,16-18H,2-6,11-12,19H2,1H3. The van der Waals surface area contributed by atoms with Crippen LogP contribution in [-0.4, -0.2) is 19.3 Å². The first-order valence-electron chi connectivity index (χ1n) is 8.33. The van der Waals surface area contributed by atoms with Crippen molar-refractivity contribution < 1.29 is 9.47 Å². The molecular formula is C18H27NO2. The molecule has 1 aromatic rings. The van der Waals surface area contributed by atoms with Crippen LogP contribution in [0, 0.1) is 5.92 Å². The normalized spacial score (nSPS) is 22.8. The molecule has 2 unspecified atom stereocenters. The fourth-order valence-corrected chi connectivity index (χ4v) is 3.43. The first-order chi connectivity index (χ1) is 10.3. The van der Waals surface area contributed by atoms with E-state index in [9.17, 15) is 0 Å². The predicted molar refractivity (Wildman–Crippen MR) is 84.4 cm³/mol. The molecule has 2 aliphatic rings. The largest absolute Gasteiger partial charge is 0.490 e. The second-order valence-electron chi connectivity index (χ2n) is 6.51. The summed E-state index contributed by atoms with van der Waals surface area (Å²) in [5.74, 6) is 1.56. The summed E-state index contributed by atoms with van der Waals surface area (Å²) in [4.78, 5) is 0. The summed E-state index contributed by atoms with van der Waals surface area (Å²) in [7, 11) is 1.80. The Kier molecular flexibility index (Phi) is 4.81. The summed E-state index contributed by atoms with van der Waals surface area (Å²) in [5, 5.41) is 0. The van der Waals surface area contributed by atoms with E-state index in [-0.39, 0.29) is 12.1 Å². The molecule has 0 saturated heterocycles. The molecule has 3 nitrogen and oxygen atoms in total. The van der Waals surface area contributed by atoms with Crippen molar-refractivity contribution >= 4 is 0 Å². The minimum Gasteiger partial charge on any atom is -0.490 e. The molecule has 2 aliphatic carbocycles. The van der Waals surface area contributed by atoms with E-state index in [1.54, 1.807) is 7.11 Å². The third-order valence-corrected chi connectivity index (χ3v) is 4.83. The highest BCUT2D eigenvalue weighted by Gasteiger charge is 2.29. The summed E-state index contributed by atoms with van der Waals surface area (Å²) >= 11 is 0. The highest BCUT2D eigenvalue weighted by Crippen LogP contribution is 2.34. The molecule has 1 aromatic carbocycles. The highest BCUT2D eigenvalue weighted by atomic mass is 16.5. The maximum atomic E-state index is 6.48. The summed E-state index contributed by atoms with van der Waals surface area (Å²) in [6.45, 7) is 0. The fraction of sp³-hybridized carbons (Fsp3) is 0.667. The number of methoxy groups -OCH3 is 1. The van der Waals surface area contributed by atoms with Gasteiger partial charge in [0.2, 0.25) is 0 Å². The molecule has 0 spiro atoms. The van der Waals surface area contributed by atoms with Gasteiger partial charge in [-0.25, -0.2) is 0 Å². The van der Waals surface area contributed by atoms with E-state index in [1.807, 2.05) is 12.1 Å². The Hall–Kier alpha value is -1.06. The van der Waals surface area contributed by atoms with Crippen LogP contribution in [0.3, 0.4) is 0 Å². The molecule has 2 N–H and O–H groups in total. The lowest BCUT2D eigenvalue weighted by molar-refractivity contribution is 0.0173. The number of hydrogen-bond acceptors (Lipinski definition) is 3. The van der Waals surface area contributed by atoms with Gasteiger partial charge in [0.1, 0.15) is 5.75 Å². The van der Waals surface area contributed by atoms with Crippen LogP contribution >= 0.6 is 0 Å². The molecule has 2 saturated carbocycles. The molecular weight excluding hydrogens is 262 g/mol. The third kappa shape index (κ3) is 3.78. The summed E-state index contributed by atoms with van der Waals surface area (Å²) in [5.41, 5.74) is 7.63. The van der Waals surface area contributed by atoms with Crippen LogP contribution in [0.15, 0.2) is 24.3 Å². The number of hydrogen-bond donors (Lipinski definition) is 1. The van der Waals surface area contributed by atoms with Gasteiger partial charge < -0.3 is 15.2 Å². The maximum absolute atomic E-state index is 6.48. The first kappa shape index (κ1) is 14.9. The molecule has 3 heteroatoms. The maximum Gasteiger partial charge on any atom is 0.119 e. The second-order valence-corrected chi connectivity index (χ2v) is 6.51. The van der Waals surface area contributed by atoms with Crippen molar-refractivity contribution in [3.8, 4) is 5.75 Å². The van der Waals surface area contributed by atoms with Gasteiger partial charge in [-0.1, -0.05) is 31.4 Å². The van der Waals surface area contributed by atoms with Crippen LogP contribution < -0.4 is 10.5 Å². The molecule has 21 heavy (non-hydrogen) atoms. The van der Waals surface area contributed by atoms with Crippen molar-refractivity contribution in [2.75, 3.05) is 7.11 Å². The van der Waals surface area contributed by atoms with E-state index in [2.05, 4.69) is 12.1 Å². The quantitative estimate of drug-likeness (QED) is 0.865. The van der Waals surface area contributed by atoms with E-state index in [0.717, 1.165) is 11.3 Å². The van der Waals surface area contributed by atoms with Gasteiger partial charge >= 0.3 is 0 Å². The van der Waals surface area contributed by atoms with Crippen LogP contribution in [0.5, 0.6) is 5.75 Å². The number of benzene rings is 1. The molecule has 0 aliphatic heterocycles. The zero-order valence-electron chi connectivity index (χ0n) is 13.0. The molecule has 3 rings (SSSR count). The molecule has 2 fully saturated rings. The lowest BCUT2D eigenvalue weighted by Gasteiger charge is -2.33. The minimum absolute atomic E-state index is 0.0481. The predicted octanol–water partition coefficient (Wildman–Crippen LogP) is 3.82. The molecule has 0 amide bonds. The molecule has 0 bridgehead atoms. The third-order valence-electron chi connectivity index (χ3n) is 4.83. The SMILES string of the molecule is COC(C1CCCCC1)C(N)c1ccc(OC2CC2)cc1. The van der Waals surface area contributed by atoms with Crippen LogP contribution in [0.1, 0.15) is 56.6 Å². The number of rotatable bonds is 6. The van der Waals surface area contributed by atoms with Gasteiger partial charge in [-0.2, -0.15) is 0 Å². The average Bonchev–Trinajstić information content (AvgIpc) is 3.34. The molecule has 2 atom stereocenters. The van der Waals surface area contributed by atoms with Gasteiger partial charge in [0, 0.05) is 7.11 Å². The van der Waals surface area contributed by atoms with E-state index in [1.165, 1.54) is 44.9 Å². The van der Waals surface area contributed by atoms with Gasteiger partial charge in [0.15, 0.2) is 0 Å². The average molecular weight is 289 g/mol. The second kappa shape index (κ2) is 6.80. The van der Waals surface area contributed by atoms with Gasteiger partial charge in [-0.3, -0.25) is 0 Å². The van der Waals surface area contributed by atoms with Crippen LogP contribution in [-0.2, 0) is 4.74 Å². The van der Waals surface area contributed by atoms with E-state index in [4.69, 9.17) is 15.2 Å². The van der Waals surface area contributed by atoms with Crippen molar-refractivity contribution in [3.05, 3.63) is 29.8 Å². The Balaban J connectivity index is 1.65. The Labute approximate surface area is 127 Å². The molecule has 0 radical (unpaired) electrons. The van der Waals surface area contributed by atoms with Crippen molar-refractivity contribution in [2.45, 2.75) is 63.2 Å². The minimum atomic E-state index is -0.0481. The summed E-state index contributed by atoms with van der Waals surface area (Å²) < 4.78 is 11.5. The molecule has 116 valence electrons.